The van der Waals surface area contributed by atoms with Crippen molar-refractivity contribution >= 4 is 11.6 Å². The number of amides is 1. The Morgan fingerprint density at radius 2 is 1.78 bits per heavy atom. The van der Waals surface area contributed by atoms with Crippen molar-refractivity contribution in [2.75, 3.05) is 18.5 Å². The van der Waals surface area contributed by atoms with Gasteiger partial charge in [-0.2, -0.15) is 13.2 Å². The summed E-state index contributed by atoms with van der Waals surface area (Å²) in [4.78, 5) is 12.4. The van der Waals surface area contributed by atoms with Crippen molar-refractivity contribution in [3.63, 3.8) is 0 Å². The van der Waals surface area contributed by atoms with E-state index >= 15 is 0 Å². The molecule has 2 atom stereocenters. The number of benzene rings is 2. The zero-order chi connectivity index (χ0) is 19.2. The van der Waals surface area contributed by atoms with Crippen LogP contribution in [0.4, 0.5) is 23.2 Å². The van der Waals surface area contributed by atoms with Crippen LogP contribution in [0.15, 0.2) is 36.4 Å². The van der Waals surface area contributed by atoms with E-state index in [0.29, 0.717) is 43.3 Å². The Balaban J connectivity index is 1.45. The second-order valence-corrected chi connectivity index (χ2v) is 6.53. The van der Waals surface area contributed by atoms with Crippen molar-refractivity contribution in [1.82, 2.24) is 0 Å². The molecule has 8 heteroatoms. The van der Waals surface area contributed by atoms with Crippen LogP contribution in [0.1, 0.15) is 23.5 Å². The molecule has 2 unspecified atom stereocenters. The van der Waals surface area contributed by atoms with Gasteiger partial charge in [0.25, 0.3) is 0 Å². The number of alkyl halides is 3. The topological polar surface area (TPSA) is 47.6 Å². The van der Waals surface area contributed by atoms with Gasteiger partial charge in [0.05, 0.1) is 5.56 Å². The molecule has 1 aliphatic heterocycles. The number of nitrogens with one attached hydrogen (secondary N) is 1. The molecular weight excluding hydrogens is 366 g/mol. The van der Waals surface area contributed by atoms with E-state index < -0.39 is 23.5 Å². The van der Waals surface area contributed by atoms with Crippen molar-refractivity contribution in [2.45, 2.75) is 18.5 Å². The Kier molecular flexibility index (Phi) is 4.20. The fourth-order valence-corrected chi connectivity index (χ4v) is 3.20. The molecule has 1 heterocycles. The molecule has 27 heavy (non-hydrogen) atoms. The van der Waals surface area contributed by atoms with E-state index in [1.165, 1.54) is 0 Å². The lowest BCUT2D eigenvalue weighted by Crippen LogP contribution is -2.16. The number of halogens is 4. The summed E-state index contributed by atoms with van der Waals surface area (Å²) in [5, 5.41) is 2.44. The molecule has 2 aromatic rings. The van der Waals surface area contributed by atoms with Crippen LogP contribution in [0, 0.1) is 11.7 Å². The normalized spacial score (nSPS) is 20.9. The summed E-state index contributed by atoms with van der Waals surface area (Å²) in [5.41, 5.74) is -0.574. The summed E-state index contributed by atoms with van der Waals surface area (Å²) < 4.78 is 62.7. The summed E-state index contributed by atoms with van der Waals surface area (Å²) in [6.45, 7) is 0.940. The number of hydrogen-bond acceptors (Lipinski definition) is 3. The number of carbonyl (C=O) groups is 1. The monoisotopic (exact) mass is 381 g/mol. The Morgan fingerprint density at radius 3 is 2.52 bits per heavy atom. The van der Waals surface area contributed by atoms with Crippen molar-refractivity contribution in [1.29, 1.82) is 0 Å². The van der Waals surface area contributed by atoms with E-state index in [-0.39, 0.29) is 17.5 Å². The summed E-state index contributed by atoms with van der Waals surface area (Å²) in [6, 6.07) is 7.88. The maximum Gasteiger partial charge on any atom is 0.419 e. The molecule has 1 amide bonds. The van der Waals surface area contributed by atoms with Gasteiger partial charge in [-0.1, -0.05) is 6.07 Å². The van der Waals surface area contributed by atoms with Gasteiger partial charge in [0.2, 0.25) is 5.91 Å². The predicted molar refractivity (Wildman–Crippen MR) is 88.3 cm³/mol. The van der Waals surface area contributed by atoms with Crippen LogP contribution in [0.5, 0.6) is 11.5 Å². The van der Waals surface area contributed by atoms with E-state index in [4.69, 9.17) is 9.47 Å². The minimum atomic E-state index is -4.82. The summed E-state index contributed by atoms with van der Waals surface area (Å²) >= 11 is 0. The van der Waals surface area contributed by atoms with Crippen molar-refractivity contribution in [3.8, 4) is 11.5 Å². The molecule has 1 N–H and O–H groups in total. The van der Waals surface area contributed by atoms with Crippen LogP contribution in [0.25, 0.3) is 0 Å². The van der Waals surface area contributed by atoms with Gasteiger partial charge in [-0.15, -0.1) is 0 Å². The highest BCUT2D eigenvalue weighted by molar-refractivity contribution is 5.95. The van der Waals surface area contributed by atoms with Crippen LogP contribution in [-0.4, -0.2) is 19.1 Å². The van der Waals surface area contributed by atoms with Gasteiger partial charge >= 0.3 is 6.18 Å². The Bertz CT molecular complexity index is 897. The second-order valence-electron chi connectivity index (χ2n) is 6.53. The SMILES string of the molecule is O=C(Nc1ccc(F)c(C(F)(F)F)c1)C1CC1c1ccc2c(c1)OCCO2. The minimum Gasteiger partial charge on any atom is -0.486 e. The highest BCUT2D eigenvalue weighted by atomic mass is 19.4. The third-order valence-electron chi connectivity index (χ3n) is 4.66. The first kappa shape index (κ1) is 17.6. The van der Waals surface area contributed by atoms with E-state index in [1.54, 1.807) is 6.07 Å². The minimum absolute atomic E-state index is 0.0386. The van der Waals surface area contributed by atoms with Crippen LogP contribution < -0.4 is 14.8 Å². The first-order chi connectivity index (χ1) is 12.8. The molecule has 0 aromatic heterocycles. The lowest BCUT2D eigenvalue weighted by Gasteiger charge is -2.18. The van der Waals surface area contributed by atoms with Gasteiger partial charge in [0, 0.05) is 11.6 Å². The van der Waals surface area contributed by atoms with Gasteiger partial charge < -0.3 is 14.8 Å². The molecule has 142 valence electrons. The highest BCUT2D eigenvalue weighted by Gasteiger charge is 2.44. The van der Waals surface area contributed by atoms with Crippen LogP contribution >= 0.6 is 0 Å². The molecule has 1 saturated carbocycles. The van der Waals surface area contributed by atoms with Gasteiger partial charge in [0.1, 0.15) is 19.0 Å². The van der Waals surface area contributed by atoms with Crippen molar-refractivity contribution < 1.29 is 31.8 Å². The first-order valence-electron chi connectivity index (χ1n) is 8.40. The molecular formula is C19H15F4NO3. The number of fused-ring (bicyclic) bond motifs is 1. The van der Waals surface area contributed by atoms with Gasteiger partial charge in [-0.25, -0.2) is 4.39 Å². The molecule has 2 aromatic carbocycles. The quantitative estimate of drug-likeness (QED) is 0.804. The molecule has 1 aliphatic carbocycles. The molecule has 0 radical (unpaired) electrons. The average Bonchev–Trinajstić information content (AvgIpc) is 3.43. The third-order valence-corrected chi connectivity index (χ3v) is 4.66. The molecule has 0 saturated heterocycles. The molecule has 1 fully saturated rings. The number of carbonyl (C=O) groups excluding carboxylic acids is 1. The number of anilines is 1. The smallest absolute Gasteiger partial charge is 0.419 e. The van der Waals surface area contributed by atoms with Crippen LogP contribution in [-0.2, 0) is 11.0 Å². The van der Waals surface area contributed by atoms with E-state index in [2.05, 4.69) is 5.32 Å². The van der Waals surface area contributed by atoms with Gasteiger partial charge in [-0.3, -0.25) is 4.79 Å². The maximum atomic E-state index is 13.3. The summed E-state index contributed by atoms with van der Waals surface area (Å²) in [7, 11) is 0. The zero-order valence-electron chi connectivity index (χ0n) is 14.0. The Morgan fingerprint density at radius 1 is 1.04 bits per heavy atom. The number of hydrogen-bond donors (Lipinski definition) is 1. The van der Waals surface area contributed by atoms with Crippen molar-refractivity contribution in [3.05, 3.63) is 53.3 Å². The third kappa shape index (κ3) is 3.56. The van der Waals surface area contributed by atoms with E-state index in [1.807, 2.05) is 12.1 Å². The largest absolute Gasteiger partial charge is 0.486 e. The molecule has 0 bridgehead atoms. The lowest BCUT2D eigenvalue weighted by molar-refractivity contribution is -0.140. The fourth-order valence-electron chi connectivity index (χ4n) is 3.20. The van der Waals surface area contributed by atoms with Crippen molar-refractivity contribution in [2.24, 2.45) is 5.92 Å². The van der Waals surface area contributed by atoms with Gasteiger partial charge in [-0.05, 0) is 48.2 Å². The summed E-state index contributed by atoms with van der Waals surface area (Å²) in [6.07, 6.45) is -4.24. The fraction of sp³-hybridized carbons (Fsp3) is 0.316. The van der Waals surface area contributed by atoms with E-state index in [9.17, 15) is 22.4 Å². The number of rotatable bonds is 3. The maximum absolute atomic E-state index is 13.3. The molecule has 2 aliphatic rings. The van der Waals surface area contributed by atoms with Gasteiger partial charge in [0.15, 0.2) is 11.5 Å². The summed E-state index contributed by atoms with van der Waals surface area (Å²) in [5.74, 6) is -0.887. The average molecular weight is 381 g/mol. The van der Waals surface area contributed by atoms with E-state index in [0.717, 1.165) is 11.6 Å². The van der Waals surface area contributed by atoms with Crippen LogP contribution in [0.2, 0.25) is 0 Å². The van der Waals surface area contributed by atoms with Crippen LogP contribution in [0.3, 0.4) is 0 Å². The Labute approximate surface area is 152 Å². The number of ether oxygens (including phenoxy) is 2. The second kappa shape index (κ2) is 6.44. The highest BCUT2D eigenvalue weighted by Crippen LogP contribution is 2.50. The predicted octanol–water partition coefficient (Wildman–Crippen LogP) is 4.36. The lowest BCUT2D eigenvalue weighted by atomic mass is 10.1. The zero-order valence-corrected chi connectivity index (χ0v) is 14.0. The molecule has 4 nitrogen and oxygen atoms in total. The Hall–Kier alpha value is -2.77. The standard InChI is InChI=1S/C19H15F4NO3/c20-15-3-2-11(8-14(15)19(21,22)23)24-18(25)13-9-12(13)10-1-4-16-17(7-10)27-6-5-26-16/h1-4,7-8,12-13H,5-6,9H2,(H,24,25). The molecule has 0 spiro atoms. The first-order valence-corrected chi connectivity index (χ1v) is 8.40. The molecule has 4 rings (SSSR count).